The van der Waals surface area contributed by atoms with Crippen molar-refractivity contribution in [3.05, 3.63) is 60.0 Å². The molecule has 1 aromatic carbocycles. The monoisotopic (exact) mass is 417 g/mol. The van der Waals surface area contributed by atoms with Crippen LogP contribution in [0.4, 0.5) is 18.9 Å². The van der Waals surface area contributed by atoms with Gasteiger partial charge >= 0.3 is 6.18 Å². The van der Waals surface area contributed by atoms with E-state index in [-0.39, 0.29) is 11.6 Å². The average Bonchev–Trinajstić information content (AvgIpc) is 3.17. The Morgan fingerprint density at radius 3 is 2.53 bits per heavy atom. The van der Waals surface area contributed by atoms with E-state index in [1.165, 1.54) is 18.2 Å². The highest BCUT2D eigenvalue weighted by Crippen LogP contribution is 2.35. The van der Waals surface area contributed by atoms with E-state index in [4.69, 9.17) is 0 Å². The Morgan fingerprint density at radius 2 is 1.80 bits per heavy atom. The zero-order valence-corrected chi connectivity index (χ0v) is 16.4. The largest absolute Gasteiger partial charge is 0.418 e. The van der Waals surface area contributed by atoms with Gasteiger partial charge in [-0.1, -0.05) is 18.2 Å². The summed E-state index contributed by atoms with van der Waals surface area (Å²) < 4.78 is 41.5. The van der Waals surface area contributed by atoms with E-state index >= 15 is 0 Å². The van der Waals surface area contributed by atoms with Crippen LogP contribution in [0.2, 0.25) is 0 Å². The molecule has 3 heterocycles. The molecule has 0 saturated carbocycles. The summed E-state index contributed by atoms with van der Waals surface area (Å²) in [6.45, 7) is 3.03. The SMILES string of the molecule is CC(C(=O)Nc1ccccc1C(F)(F)F)N1CCC(c2nnc3ccccn23)CC1. The van der Waals surface area contributed by atoms with Crippen molar-refractivity contribution >= 4 is 17.2 Å². The first-order valence-electron chi connectivity index (χ1n) is 9.85. The van der Waals surface area contributed by atoms with Crippen LogP contribution in [-0.2, 0) is 11.0 Å². The third-order valence-electron chi connectivity index (χ3n) is 5.65. The lowest BCUT2D eigenvalue weighted by Crippen LogP contribution is -2.46. The van der Waals surface area contributed by atoms with E-state index in [9.17, 15) is 18.0 Å². The fraction of sp³-hybridized carbons (Fsp3) is 0.381. The zero-order chi connectivity index (χ0) is 21.3. The third-order valence-corrected chi connectivity index (χ3v) is 5.65. The number of nitrogens with zero attached hydrogens (tertiary/aromatic N) is 4. The van der Waals surface area contributed by atoms with Crippen molar-refractivity contribution in [3.63, 3.8) is 0 Å². The lowest BCUT2D eigenvalue weighted by molar-refractivity contribution is -0.137. The molecule has 1 atom stereocenters. The first-order valence-corrected chi connectivity index (χ1v) is 9.85. The molecule has 1 saturated heterocycles. The molecule has 1 N–H and O–H groups in total. The second-order valence-corrected chi connectivity index (χ2v) is 7.51. The second kappa shape index (κ2) is 8.06. The van der Waals surface area contributed by atoms with Gasteiger partial charge in [-0.05, 0) is 57.1 Å². The molecule has 3 aromatic rings. The van der Waals surface area contributed by atoms with Crippen LogP contribution in [0.25, 0.3) is 5.65 Å². The number of benzene rings is 1. The maximum Gasteiger partial charge on any atom is 0.418 e. The van der Waals surface area contributed by atoms with E-state index in [1.807, 2.05) is 33.7 Å². The molecule has 0 aliphatic carbocycles. The predicted molar refractivity (Wildman–Crippen MR) is 106 cm³/mol. The lowest BCUT2D eigenvalue weighted by atomic mass is 9.95. The molecule has 1 fully saturated rings. The number of halogens is 3. The van der Waals surface area contributed by atoms with Gasteiger partial charge in [0, 0.05) is 12.1 Å². The van der Waals surface area contributed by atoms with Crippen molar-refractivity contribution in [2.75, 3.05) is 18.4 Å². The number of fused-ring (bicyclic) bond motifs is 1. The molecule has 1 amide bonds. The molecule has 9 heteroatoms. The molecule has 30 heavy (non-hydrogen) atoms. The summed E-state index contributed by atoms with van der Waals surface area (Å²) in [5.74, 6) is 0.680. The first kappa shape index (κ1) is 20.3. The third kappa shape index (κ3) is 4.02. The van der Waals surface area contributed by atoms with Crippen LogP contribution in [0.15, 0.2) is 48.7 Å². The summed E-state index contributed by atoms with van der Waals surface area (Å²) in [6.07, 6.45) is -0.990. The molecule has 1 unspecified atom stereocenters. The molecule has 0 bridgehead atoms. The van der Waals surface area contributed by atoms with Crippen LogP contribution in [-0.4, -0.2) is 44.5 Å². The van der Waals surface area contributed by atoms with Crippen LogP contribution in [0.5, 0.6) is 0 Å². The Hall–Kier alpha value is -2.94. The van der Waals surface area contributed by atoms with E-state index in [1.54, 1.807) is 6.92 Å². The molecule has 1 aliphatic heterocycles. The summed E-state index contributed by atoms with van der Waals surface area (Å²) in [5, 5.41) is 11.0. The predicted octanol–water partition coefficient (Wildman–Crippen LogP) is 3.95. The quantitative estimate of drug-likeness (QED) is 0.698. The van der Waals surface area contributed by atoms with Crippen molar-refractivity contribution in [1.82, 2.24) is 19.5 Å². The van der Waals surface area contributed by atoms with Crippen LogP contribution in [0.1, 0.15) is 37.1 Å². The number of hydrogen-bond acceptors (Lipinski definition) is 4. The number of nitrogens with one attached hydrogen (secondary N) is 1. The summed E-state index contributed by atoms with van der Waals surface area (Å²) >= 11 is 0. The van der Waals surface area contributed by atoms with Crippen molar-refractivity contribution in [1.29, 1.82) is 0 Å². The summed E-state index contributed by atoms with van der Waals surface area (Å²) in [7, 11) is 0. The fourth-order valence-electron chi connectivity index (χ4n) is 3.93. The maximum absolute atomic E-state index is 13.2. The number of amides is 1. The minimum Gasteiger partial charge on any atom is -0.324 e. The Labute approximate surface area is 171 Å². The highest BCUT2D eigenvalue weighted by Gasteiger charge is 2.35. The topological polar surface area (TPSA) is 62.5 Å². The number of carbonyl (C=O) groups is 1. The number of alkyl halides is 3. The van der Waals surface area contributed by atoms with Gasteiger partial charge in [-0.2, -0.15) is 13.2 Å². The normalized spacial score (nSPS) is 17.2. The number of para-hydroxylation sites is 1. The second-order valence-electron chi connectivity index (χ2n) is 7.51. The van der Waals surface area contributed by atoms with Crippen LogP contribution in [0, 0.1) is 0 Å². The number of aromatic nitrogens is 3. The molecule has 6 nitrogen and oxygen atoms in total. The van der Waals surface area contributed by atoms with Gasteiger partial charge in [0.25, 0.3) is 0 Å². The number of hydrogen-bond donors (Lipinski definition) is 1. The molecular weight excluding hydrogens is 395 g/mol. The minimum absolute atomic E-state index is 0.216. The molecule has 2 aromatic heterocycles. The molecular formula is C21H22F3N5O. The number of piperidine rings is 1. The molecule has 1 aliphatic rings. The first-order chi connectivity index (χ1) is 14.3. The van der Waals surface area contributed by atoms with Crippen LogP contribution in [0.3, 0.4) is 0 Å². The number of rotatable bonds is 4. The van der Waals surface area contributed by atoms with Crippen molar-refractivity contribution in [3.8, 4) is 0 Å². The summed E-state index contributed by atoms with van der Waals surface area (Å²) in [6, 6.07) is 10.2. The van der Waals surface area contributed by atoms with Crippen molar-refractivity contribution in [2.45, 2.75) is 37.9 Å². The van der Waals surface area contributed by atoms with Crippen LogP contribution >= 0.6 is 0 Å². The highest BCUT2D eigenvalue weighted by molar-refractivity contribution is 5.95. The van der Waals surface area contributed by atoms with E-state index in [0.717, 1.165) is 30.4 Å². The van der Waals surface area contributed by atoms with E-state index < -0.39 is 23.7 Å². The summed E-state index contributed by atoms with van der Waals surface area (Å²) in [4.78, 5) is 14.6. The highest BCUT2D eigenvalue weighted by atomic mass is 19.4. The summed E-state index contributed by atoms with van der Waals surface area (Å²) in [5.41, 5.74) is -0.263. The van der Waals surface area contributed by atoms with Crippen molar-refractivity contribution < 1.29 is 18.0 Å². The van der Waals surface area contributed by atoms with E-state index in [0.29, 0.717) is 13.1 Å². The van der Waals surface area contributed by atoms with Gasteiger partial charge in [0.05, 0.1) is 17.3 Å². The van der Waals surface area contributed by atoms with Gasteiger partial charge in [-0.3, -0.25) is 14.1 Å². The number of likely N-dealkylation sites (tertiary alicyclic amines) is 1. The van der Waals surface area contributed by atoms with Gasteiger partial charge in [0.1, 0.15) is 5.82 Å². The Bertz CT molecular complexity index is 1040. The molecule has 4 rings (SSSR count). The number of anilines is 1. The fourth-order valence-corrected chi connectivity index (χ4v) is 3.93. The average molecular weight is 417 g/mol. The van der Waals surface area contributed by atoms with Gasteiger partial charge in [0.15, 0.2) is 5.65 Å². The van der Waals surface area contributed by atoms with Gasteiger partial charge in [-0.15, -0.1) is 10.2 Å². The Balaban J connectivity index is 1.40. The lowest BCUT2D eigenvalue weighted by Gasteiger charge is -2.34. The molecule has 0 radical (unpaired) electrons. The zero-order valence-electron chi connectivity index (χ0n) is 16.4. The van der Waals surface area contributed by atoms with Gasteiger partial charge in [0.2, 0.25) is 5.91 Å². The Morgan fingerprint density at radius 1 is 1.10 bits per heavy atom. The standard InChI is InChI=1S/C21H22F3N5O/c1-14(20(30)25-17-7-3-2-6-16(17)21(22,23)24)28-12-9-15(10-13-28)19-27-26-18-8-4-5-11-29(18)19/h2-8,11,14-15H,9-10,12-13H2,1H3,(H,25,30). The Kier molecular flexibility index (Phi) is 5.46. The number of carbonyl (C=O) groups excluding carboxylic acids is 1. The smallest absolute Gasteiger partial charge is 0.324 e. The van der Waals surface area contributed by atoms with E-state index in [2.05, 4.69) is 15.5 Å². The van der Waals surface area contributed by atoms with Crippen molar-refractivity contribution in [2.24, 2.45) is 0 Å². The van der Waals surface area contributed by atoms with Crippen LogP contribution < -0.4 is 5.32 Å². The molecule has 0 spiro atoms. The van der Waals surface area contributed by atoms with Gasteiger partial charge in [-0.25, -0.2) is 0 Å². The van der Waals surface area contributed by atoms with Gasteiger partial charge < -0.3 is 5.32 Å². The maximum atomic E-state index is 13.2. The molecule has 158 valence electrons. The number of pyridine rings is 1. The minimum atomic E-state index is -4.52.